The van der Waals surface area contributed by atoms with Crippen molar-refractivity contribution in [3.05, 3.63) is 53.3 Å². The van der Waals surface area contributed by atoms with Gasteiger partial charge in [-0.3, -0.25) is 9.59 Å². The summed E-state index contributed by atoms with van der Waals surface area (Å²) in [5.41, 5.74) is 0.513. The molecule has 3 atom stereocenters. The summed E-state index contributed by atoms with van der Waals surface area (Å²) in [5, 5.41) is 15.8. The minimum absolute atomic E-state index is 0.00698. The van der Waals surface area contributed by atoms with Crippen molar-refractivity contribution in [1.82, 2.24) is 25.4 Å². The van der Waals surface area contributed by atoms with Crippen LogP contribution in [0.4, 0.5) is 0 Å². The highest BCUT2D eigenvalue weighted by Gasteiger charge is 2.24. The van der Waals surface area contributed by atoms with Crippen LogP contribution < -0.4 is 10.6 Å². The predicted molar refractivity (Wildman–Crippen MR) is 128 cm³/mol. The van der Waals surface area contributed by atoms with E-state index in [1.54, 1.807) is 30.3 Å². The second-order valence-electron chi connectivity index (χ2n) is 8.17. The first-order valence-electron chi connectivity index (χ1n) is 10.9. The summed E-state index contributed by atoms with van der Waals surface area (Å²) in [6, 6.07) is 6.57. The highest BCUT2D eigenvalue weighted by Crippen LogP contribution is 2.25. The topological polar surface area (TPSA) is 88.9 Å². The summed E-state index contributed by atoms with van der Waals surface area (Å²) in [6.45, 7) is 8.34. The molecule has 1 saturated carbocycles. The molecule has 7 nitrogen and oxygen atoms in total. The van der Waals surface area contributed by atoms with E-state index in [9.17, 15) is 9.59 Å². The largest absolute Gasteiger partial charge is 0.352 e. The highest BCUT2D eigenvalue weighted by molar-refractivity contribution is 7.99. The number of benzene rings is 1. The van der Waals surface area contributed by atoms with E-state index in [1.165, 1.54) is 24.6 Å². The molecule has 1 heterocycles. The molecule has 2 N–H and O–H groups in total. The van der Waals surface area contributed by atoms with E-state index in [4.69, 9.17) is 11.6 Å². The van der Waals surface area contributed by atoms with Gasteiger partial charge in [0.1, 0.15) is 0 Å². The van der Waals surface area contributed by atoms with Crippen LogP contribution in [0.2, 0.25) is 5.02 Å². The lowest BCUT2D eigenvalue weighted by atomic mass is 9.86. The maximum atomic E-state index is 12.6. The smallest absolute Gasteiger partial charge is 0.251 e. The van der Waals surface area contributed by atoms with Crippen molar-refractivity contribution in [2.45, 2.75) is 63.3 Å². The summed E-state index contributed by atoms with van der Waals surface area (Å²) in [5.74, 6) is 1.17. The lowest BCUT2D eigenvalue weighted by Gasteiger charge is -2.29. The number of nitrogens with one attached hydrogen (secondary N) is 2. The zero-order valence-corrected chi connectivity index (χ0v) is 20.1. The fourth-order valence-electron chi connectivity index (χ4n) is 3.88. The van der Waals surface area contributed by atoms with E-state index in [2.05, 4.69) is 34.3 Å². The molecule has 2 amide bonds. The normalized spacial score (nSPS) is 19.2. The number of aromatic nitrogens is 3. The Morgan fingerprint density at radius 2 is 2.00 bits per heavy atom. The summed E-state index contributed by atoms with van der Waals surface area (Å²) in [6.07, 6.45) is 6.35. The van der Waals surface area contributed by atoms with E-state index < -0.39 is 0 Å². The standard InChI is InChI=1S/C23H30ClN5O2S/c1-4-13-29-21(16(3)25-22(31)17-9-11-18(24)12-10-17)27-28-23(29)32-14-20(30)26-19-8-6-5-7-15(19)2/h4,9-12,15-16,19H,1,5-8,13-14H2,2-3H3,(H,25,31)(H,26,30)/t15-,16+,19-/m1/s1. The maximum Gasteiger partial charge on any atom is 0.251 e. The Morgan fingerprint density at radius 3 is 2.69 bits per heavy atom. The Hall–Kier alpha value is -2.32. The van der Waals surface area contributed by atoms with Crippen molar-refractivity contribution in [2.75, 3.05) is 5.75 Å². The number of allylic oxidation sites excluding steroid dienone is 1. The molecule has 0 bridgehead atoms. The van der Waals surface area contributed by atoms with Crippen LogP contribution in [-0.4, -0.2) is 38.4 Å². The second kappa shape index (κ2) is 11.5. The fraction of sp³-hybridized carbons (Fsp3) is 0.478. The molecule has 1 aliphatic carbocycles. The number of carbonyl (C=O) groups excluding carboxylic acids is 2. The summed E-state index contributed by atoms with van der Waals surface area (Å²) in [7, 11) is 0. The number of carbonyl (C=O) groups is 2. The lowest BCUT2D eigenvalue weighted by Crippen LogP contribution is -2.41. The van der Waals surface area contributed by atoms with Gasteiger partial charge in [-0.25, -0.2) is 0 Å². The van der Waals surface area contributed by atoms with Gasteiger partial charge in [-0.2, -0.15) is 0 Å². The molecule has 0 unspecified atom stereocenters. The van der Waals surface area contributed by atoms with Gasteiger partial charge >= 0.3 is 0 Å². The Bertz CT molecular complexity index is 946. The van der Waals surface area contributed by atoms with Crippen LogP contribution in [0.25, 0.3) is 0 Å². The van der Waals surface area contributed by atoms with Crippen molar-refractivity contribution >= 4 is 35.2 Å². The van der Waals surface area contributed by atoms with Gasteiger partial charge in [0.05, 0.1) is 11.8 Å². The Kier molecular flexibility index (Phi) is 8.75. The van der Waals surface area contributed by atoms with Crippen molar-refractivity contribution in [3.8, 4) is 0 Å². The molecule has 3 rings (SSSR count). The van der Waals surface area contributed by atoms with Gasteiger partial charge in [0.2, 0.25) is 5.91 Å². The average molecular weight is 476 g/mol. The van der Waals surface area contributed by atoms with Crippen molar-refractivity contribution in [2.24, 2.45) is 5.92 Å². The first-order valence-corrected chi connectivity index (χ1v) is 12.3. The first-order chi connectivity index (χ1) is 15.4. The van der Waals surface area contributed by atoms with Gasteiger partial charge in [0.15, 0.2) is 11.0 Å². The molecule has 0 saturated heterocycles. The molecule has 0 aliphatic heterocycles. The van der Waals surface area contributed by atoms with Gasteiger partial charge in [0, 0.05) is 23.2 Å². The van der Waals surface area contributed by atoms with Gasteiger partial charge in [-0.05, 0) is 49.9 Å². The molecule has 9 heteroatoms. The molecule has 0 spiro atoms. The predicted octanol–water partition coefficient (Wildman–Crippen LogP) is 4.40. The van der Waals surface area contributed by atoms with E-state index in [0.717, 1.165) is 12.8 Å². The molecule has 1 aromatic heterocycles. The van der Waals surface area contributed by atoms with Crippen LogP contribution in [-0.2, 0) is 11.3 Å². The average Bonchev–Trinajstić information content (AvgIpc) is 3.17. The van der Waals surface area contributed by atoms with Crippen molar-refractivity contribution in [1.29, 1.82) is 0 Å². The van der Waals surface area contributed by atoms with Crippen LogP contribution in [0, 0.1) is 5.92 Å². The van der Waals surface area contributed by atoms with Crippen LogP contribution in [0.3, 0.4) is 0 Å². The van der Waals surface area contributed by atoms with Gasteiger partial charge in [-0.1, -0.05) is 49.2 Å². The molecule has 1 fully saturated rings. The van der Waals surface area contributed by atoms with E-state index in [-0.39, 0.29) is 29.7 Å². The number of rotatable bonds is 9. The zero-order valence-electron chi connectivity index (χ0n) is 18.5. The van der Waals surface area contributed by atoms with Crippen LogP contribution in [0.15, 0.2) is 42.1 Å². The van der Waals surface area contributed by atoms with Gasteiger partial charge in [-0.15, -0.1) is 16.8 Å². The van der Waals surface area contributed by atoms with E-state index >= 15 is 0 Å². The SMILES string of the molecule is C=CCn1c(SCC(=O)N[C@@H]2CCCC[C@H]2C)nnc1[C@H](C)NC(=O)c1ccc(Cl)cc1. The minimum Gasteiger partial charge on any atom is -0.352 e. The Balaban J connectivity index is 1.62. The molecule has 0 radical (unpaired) electrons. The van der Waals surface area contributed by atoms with E-state index in [1.807, 2.05) is 11.5 Å². The third kappa shape index (κ3) is 6.36. The molecule has 1 aromatic carbocycles. The number of halogens is 1. The first kappa shape index (κ1) is 24.3. The number of thioether (sulfide) groups is 1. The van der Waals surface area contributed by atoms with Gasteiger partial charge < -0.3 is 15.2 Å². The van der Waals surface area contributed by atoms with Crippen molar-refractivity contribution in [3.63, 3.8) is 0 Å². The quantitative estimate of drug-likeness (QED) is 0.414. The zero-order chi connectivity index (χ0) is 23.1. The van der Waals surface area contributed by atoms with Crippen LogP contribution in [0.5, 0.6) is 0 Å². The third-order valence-electron chi connectivity index (χ3n) is 5.69. The molecule has 1 aliphatic rings. The summed E-state index contributed by atoms with van der Waals surface area (Å²) < 4.78 is 1.88. The van der Waals surface area contributed by atoms with Crippen LogP contribution >= 0.6 is 23.4 Å². The van der Waals surface area contributed by atoms with E-state index in [0.29, 0.717) is 34.0 Å². The Morgan fingerprint density at radius 1 is 1.28 bits per heavy atom. The lowest BCUT2D eigenvalue weighted by molar-refractivity contribution is -0.119. The monoisotopic (exact) mass is 475 g/mol. The number of hydrogen-bond donors (Lipinski definition) is 2. The Labute approximate surface area is 198 Å². The molecule has 32 heavy (non-hydrogen) atoms. The molecular weight excluding hydrogens is 446 g/mol. The number of amides is 2. The summed E-state index contributed by atoms with van der Waals surface area (Å²) in [4.78, 5) is 25.0. The number of nitrogens with zero attached hydrogens (tertiary/aromatic N) is 3. The maximum absolute atomic E-state index is 12.6. The molecular formula is C23H30ClN5O2S. The number of hydrogen-bond acceptors (Lipinski definition) is 5. The minimum atomic E-state index is -0.378. The third-order valence-corrected chi connectivity index (χ3v) is 6.91. The fourth-order valence-corrected chi connectivity index (χ4v) is 4.77. The summed E-state index contributed by atoms with van der Waals surface area (Å²) >= 11 is 7.24. The highest BCUT2D eigenvalue weighted by atomic mass is 35.5. The van der Waals surface area contributed by atoms with Crippen LogP contribution in [0.1, 0.15) is 61.8 Å². The molecule has 172 valence electrons. The molecule has 2 aromatic rings. The second-order valence-corrected chi connectivity index (χ2v) is 9.55. The van der Waals surface area contributed by atoms with Gasteiger partial charge in [0.25, 0.3) is 5.91 Å². The van der Waals surface area contributed by atoms with Crippen molar-refractivity contribution < 1.29 is 9.59 Å².